The minimum atomic E-state index is -0.281. The van der Waals surface area contributed by atoms with Gasteiger partial charge in [0.1, 0.15) is 5.69 Å². The van der Waals surface area contributed by atoms with E-state index in [0.29, 0.717) is 12.5 Å². The Morgan fingerprint density at radius 3 is 2.69 bits per heavy atom. The van der Waals surface area contributed by atoms with E-state index < -0.39 is 0 Å². The van der Waals surface area contributed by atoms with Gasteiger partial charge in [0.25, 0.3) is 5.91 Å². The molecule has 32 heavy (non-hydrogen) atoms. The van der Waals surface area contributed by atoms with Gasteiger partial charge in [-0.15, -0.1) is 0 Å². The van der Waals surface area contributed by atoms with Gasteiger partial charge in [0.05, 0.1) is 17.6 Å². The minimum absolute atomic E-state index is 0.281. The molecule has 0 spiro atoms. The number of fused-ring (bicyclic) bond motifs is 1. The maximum atomic E-state index is 12.5. The van der Waals surface area contributed by atoms with Crippen molar-refractivity contribution in [3.63, 3.8) is 0 Å². The number of anilines is 1. The summed E-state index contributed by atoms with van der Waals surface area (Å²) < 4.78 is 1.87. The first-order chi connectivity index (χ1) is 15.7. The highest BCUT2D eigenvalue weighted by molar-refractivity contribution is 6.02. The van der Waals surface area contributed by atoms with E-state index in [0.717, 1.165) is 33.4 Å². The third kappa shape index (κ3) is 4.32. The molecule has 0 saturated heterocycles. The number of hydrogen-bond donors (Lipinski definition) is 2. The fourth-order valence-electron chi connectivity index (χ4n) is 3.47. The molecule has 7 nitrogen and oxygen atoms in total. The molecule has 3 aromatic heterocycles. The molecule has 5 rings (SSSR count). The predicted molar refractivity (Wildman–Crippen MR) is 125 cm³/mol. The number of nitrogens with zero attached hydrogens (tertiary/aromatic N) is 4. The van der Waals surface area contributed by atoms with Crippen LogP contribution in [0.2, 0.25) is 0 Å². The van der Waals surface area contributed by atoms with Gasteiger partial charge in [-0.1, -0.05) is 42.5 Å². The molecule has 0 unspecified atom stereocenters. The molecule has 0 bridgehead atoms. The van der Waals surface area contributed by atoms with Crippen molar-refractivity contribution in [2.24, 2.45) is 0 Å². The summed E-state index contributed by atoms with van der Waals surface area (Å²) in [6.45, 7) is 0.632. The number of hydrogen-bond acceptors (Lipinski definition) is 4. The Hall–Kier alpha value is -4.52. The van der Waals surface area contributed by atoms with Gasteiger partial charge in [-0.05, 0) is 35.9 Å². The van der Waals surface area contributed by atoms with Crippen molar-refractivity contribution in [3.05, 3.63) is 103 Å². The van der Waals surface area contributed by atoms with Gasteiger partial charge in [0.15, 0.2) is 0 Å². The molecule has 0 aliphatic carbocycles. The second kappa shape index (κ2) is 8.69. The van der Waals surface area contributed by atoms with Gasteiger partial charge in [-0.2, -0.15) is 5.10 Å². The number of carbonyl (C=O) groups excluding carboxylic acids is 1. The van der Waals surface area contributed by atoms with Crippen molar-refractivity contribution in [3.8, 4) is 11.3 Å². The summed E-state index contributed by atoms with van der Waals surface area (Å²) in [6, 6.07) is 21.6. The Morgan fingerprint density at radius 2 is 1.88 bits per heavy atom. The number of imidazole rings is 1. The van der Waals surface area contributed by atoms with Gasteiger partial charge in [-0.3, -0.25) is 19.8 Å². The lowest BCUT2D eigenvalue weighted by atomic mass is 10.1. The fourth-order valence-corrected chi connectivity index (χ4v) is 3.47. The average molecular weight is 420 g/mol. The summed E-state index contributed by atoms with van der Waals surface area (Å²) in [4.78, 5) is 24.2. The highest BCUT2D eigenvalue weighted by Gasteiger charge is 2.11. The number of nitrogens with one attached hydrogen (secondary N) is 2. The van der Waals surface area contributed by atoms with E-state index >= 15 is 0 Å². The molecule has 0 atom stereocenters. The molecule has 0 aliphatic heterocycles. The van der Waals surface area contributed by atoms with Crippen molar-refractivity contribution >= 4 is 29.0 Å². The van der Waals surface area contributed by atoms with Crippen molar-refractivity contribution in [2.75, 3.05) is 5.32 Å². The first kappa shape index (κ1) is 19.4. The molecule has 0 aliphatic rings. The van der Waals surface area contributed by atoms with Crippen LogP contribution in [0.4, 0.5) is 5.95 Å². The number of amides is 1. The largest absolute Gasteiger partial charge is 0.324 e. The number of H-pyrrole nitrogens is 1. The lowest BCUT2D eigenvalue weighted by molar-refractivity contribution is -0.111. The Morgan fingerprint density at radius 1 is 1.03 bits per heavy atom. The summed E-state index contributed by atoms with van der Waals surface area (Å²) >= 11 is 0. The van der Waals surface area contributed by atoms with E-state index in [1.165, 1.54) is 6.08 Å². The van der Waals surface area contributed by atoms with Crippen LogP contribution in [-0.4, -0.2) is 30.6 Å². The van der Waals surface area contributed by atoms with Gasteiger partial charge < -0.3 is 4.98 Å². The highest BCUT2D eigenvalue weighted by Crippen LogP contribution is 2.23. The maximum absolute atomic E-state index is 12.5. The molecule has 0 fully saturated rings. The first-order valence-corrected chi connectivity index (χ1v) is 10.2. The molecular formula is C25H20N6O. The van der Waals surface area contributed by atoms with E-state index in [2.05, 4.69) is 32.4 Å². The smallest absolute Gasteiger partial charge is 0.250 e. The lowest BCUT2D eigenvalue weighted by Crippen LogP contribution is -2.08. The van der Waals surface area contributed by atoms with E-state index in [1.54, 1.807) is 18.5 Å². The second-order valence-corrected chi connectivity index (χ2v) is 7.28. The quantitative estimate of drug-likeness (QED) is 0.395. The number of rotatable bonds is 6. The van der Waals surface area contributed by atoms with Gasteiger partial charge in [0.2, 0.25) is 5.95 Å². The van der Waals surface area contributed by atoms with Crippen molar-refractivity contribution in [1.29, 1.82) is 0 Å². The topological polar surface area (TPSA) is 88.5 Å². The number of benzene rings is 2. The number of pyridine rings is 1. The maximum Gasteiger partial charge on any atom is 0.250 e. The fraction of sp³-hybridized carbons (Fsp3) is 0.0400. The number of aromatic nitrogens is 5. The van der Waals surface area contributed by atoms with Crippen LogP contribution in [0.1, 0.15) is 11.1 Å². The molecule has 0 saturated carbocycles. The zero-order valence-corrected chi connectivity index (χ0v) is 17.1. The SMILES string of the molecule is O=C(/C=C/c1cn(Cc2ccccc2)nc1-c1cccnc1)Nc1nc2ccccc2[nH]1. The van der Waals surface area contributed by atoms with Gasteiger partial charge >= 0.3 is 0 Å². The Balaban J connectivity index is 1.39. The summed E-state index contributed by atoms with van der Waals surface area (Å²) in [5.74, 6) is 0.130. The minimum Gasteiger partial charge on any atom is -0.324 e. The summed E-state index contributed by atoms with van der Waals surface area (Å²) in [7, 11) is 0. The zero-order chi connectivity index (χ0) is 21.8. The number of aromatic amines is 1. The third-order valence-electron chi connectivity index (χ3n) is 4.96. The number of carbonyl (C=O) groups is 1. The first-order valence-electron chi connectivity index (χ1n) is 10.2. The number of para-hydroxylation sites is 2. The Kier molecular flexibility index (Phi) is 5.28. The van der Waals surface area contributed by atoms with Crippen LogP contribution in [-0.2, 0) is 11.3 Å². The molecule has 7 heteroatoms. The molecule has 156 valence electrons. The molecule has 1 amide bonds. The summed E-state index contributed by atoms with van der Waals surface area (Å²) in [6.07, 6.45) is 8.66. The van der Waals surface area contributed by atoms with E-state index in [4.69, 9.17) is 5.10 Å². The molecule has 0 radical (unpaired) electrons. The molecular weight excluding hydrogens is 400 g/mol. The zero-order valence-electron chi connectivity index (χ0n) is 17.1. The summed E-state index contributed by atoms with van der Waals surface area (Å²) in [5.41, 5.74) is 5.29. The monoisotopic (exact) mass is 420 g/mol. The Labute approximate surface area is 184 Å². The Bertz CT molecular complexity index is 1350. The lowest BCUT2D eigenvalue weighted by Gasteiger charge is -2.01. The van der Waals surface area contributed by atoms with Crippen molar-refractivity contribution < 1.29 is 4.79 Å². The van der Waals surface area contributed by atoms with Gasteiger partial charge in [0, 0.05) is 35.8 Å². The predicted octanol–water partition coefficient (Wildman–Crippen LogP) is 4.52. The van der Waals surface area contributed by atoms with Crippen LogP contribution in [0, 0.1) is 0 Å². The van der Waals surface area contributed by atoms with Crippen molar-refractivity contribution in [2.45, 2.75) is 6.54 Å². The van der Waals surface area contributed by atoms with E-state index in [-0.39, 0.29) is 5.91 Å². The molecule has 3 heterocycles. The van der Waals surface area contributed by atoms with E-state index in [1.807, 2.05) is 65.5 Å². The molecule has 5 aromatic rings. The van der Waals surface area contributed by atoms with Crippen LogP contribution >= 0.6 is 0 Å². The summed E-state index contributed by atoms with van der Waals surface area (Å²) in [5, 5.41) is 7.52. The standard InChI is InChI=1S/C25H20N6O/c32-23(29-25-27-21-10-4-5-11-22(21)28-25)13-12-20-17-31(16-18-7-2-1-3-8-18)30-24(20)19-9-6-14-26-15-19/h1-15,17H,16H2,(H2,27,28,29,32)/b13-12+. The van der Waals surface area contributed by atoms with Crippen molar-refractivity contribution in [1.82, 2.24) is 24.7 Å². The average Bonchev–Trinajstić information content (AvgIpc) is 3.42. The van der Waals surface area contributed by atoms with Gasteiger partial charge in [-0.25, -0.2) is 4.98 Å². The normalized spacial score (nSPS) is 11.2. The molecule has 2 aromatic carbocycles. The second-order valence-electron chi connectivity index (χ2n) is 7.28. The van der Waals surface area contributed by atoms with Crippen LogP contribution in [0.5, 0.6) is 0 Å². The van der Waals surface area contributed by atoms with Crippen LogP contribution in [0.15, 0.2) is 91.4 Å². The van der Waals surface area contributed by atoms with Crippen LogP contribution in [0.3, 0.4) is 0 Å². The molecule has 2 N–H and O–H groups in total. The third-order valence-corrected chi connectivity index (χ3v) is 4.96. The van der Waals surface area contributed by atoms with E-state index in [9.17, 15) is 4.79 Å². The van der Waals surface area contributed by atoms with Crippen LogP contribution < -0.4 is 5.32 Å². The van der Waals surface area contributed by atoms with Crippen LogP contribution in [0.25, 0.3) is 28.4 Å². The highest BCUT2D eigenvalue weighted by atomic mass is 16.1.